The molecule has 0 bridgehead atoms. The maximum absolute atomic E-state index is 13.2. The van der Waals surface area contributed by atoms with Crippen molar-refractivity contribution in [3.8, 4) is 6.07 Å². The first-order chi connectivity index (χ1) is 11.2. The Balaban J connectivity index is 1.81. The lowest BCUT2D eigenvalue weighted by atomic mass is 10.2. The Kier molecular flexibility index (Phi) is 4.11. The highest BCUT2D eigenvalue weighted by Gasteiger charge is 2.04. The zero-order valence-corrected chi connectivity index (χ0v) is 12.0. The first kappa shape index (κ1) is 14.5. The van der Waals surface area contributed by atoms with Gasteiger partial charge in [-0.3, -0.25) is 0 Å². The van der Waals surface area contributed by atoms with E-state index >= 15 is 0 Å². The van der Waals surface area contributed by atoms with E-state index in [9.17, 15) is 4.39 Å². The maximum atomic E-state index is 13.2. The van der Waals surface area contributed by atoms with Gasteiger partial charge >= 0.3 is 0 Å². The Morgan fingerprint density at radius 3 is 2.70 bits per heavy atom. The number of para-hydroxylation sites is 1. The zero-order valence-electron chi connectivity index (χ0n) is 12.0. The summed E-state index contributed by atoms with van der Waals surface area (Å²) in [6.07, 6.45) is 1.58. The van der Waals surface area contributed by atoms with Gasteiger partial charge in [0.1, 0.15) is 17.7 Å². The molecule has 0 radical (unpaired) electrons. The van der Waals surface area contributed by atoms with Gasteiger partial charge in [0, 0.05) is 11.9 Å². The van der Waals surface area contributed by atoms with Crippen molar-refractivity contribution in [1.29, 1.82) is 5.26 Å². The number of nitrogens with one attached hydrogen (secondary N) is 2. The van der Waals surface area contributed by atoms with Crippen LogP contribution in [0, 0.1) is 17.1 Å². The molecule has 0 saturated heterocycles. The number of hydrogen-bond donors (Lipinski definition) is 2. The van der Waals surface area contributed by atoms with Crippen LogP contribution in [0.25, 0.3) is 0 Å². The van der Waals surface area contributed by atoms with Crippen LogP contribution in [0.15, 0.2) is 60.8 Å². The molecule has 5 nitrogen and oxygen atoms in total. The van der Waals surface area contributed by atoms with Crippen LogP contribution in [0.4, 0.5) is 27.5 Å². The Morgan fingerprint density at radius 2 is 1.87 bits per heavy atom. The van der Waals surface area contributed by atoms with E-state index in [1.165, 1.54) is 12.1 Å². The van der Waals surface area contributed by atoms with E-state index in [4.69, 9.17) is 5.26 Å². The van der Waals surface area contributed by atoms with Crippen LogP contribution in [0.1, 0.15) is 5.56 Å². The molecule has 23 heavy (non-hydrogen) atoms. The second kappa shape index (κ2) is 6.54. The number of benzene rings is 2. The molecule has 0 spiro atoms. The normalized spacial score (nSPS) is 9.91. The highest BCUT2D eigenvalue weighted by Crippen LogP contribution is 2.20. The molecule has 6 heteroatoms. The maximum Gasteiger partial charge on any atom is 0.229 e. The first-order valence-corrected chi connectivity index (χ1v) is 6.86. The van der Waals surface area contributed by atoms with E-state index in [0.717, 1.165) is 0 Å². The Morgan fingerprint density at radius 1 is 1.00 bits per heavy atom. The number of nitriles is 1. The minimum atomic E-state index is -0.341. The predicted octanol–water partition coefficient (Wildman–Crippen LogP) is 3.97. The molecule has 0 saturated carbocycles. The second-order valence-corrected chi connectivity index (χ2v) is 4.68. The van der Waals surface area contributed by atoms with E-state index in [2.05, 4.69) is 26.7 Å². The van der Waals surface area contributed by atoms with Crippen molar-refractivity contribution in [3.05, 3.63) is 72.2 Å². The zero-order chi connectivity index (χ0) is 16.1. The molecule has 112 valence electrons. The number of anilines is 4. The quantitative estimate of drug-likeness (QED) is 0.763. The van der Waals surface area contributed by atoms with Crippen molar-refractivity contribution in [2.75, 3.05) is 10.6 Å². The molecule has 1 aromatic heterocycles. The Bertz CT molecular complexity index is 873. The SMILES string of the molecule is N#Cc1ccccc1Nc1ccnc(Nc2cccc(F)c2)n1. The number of nitrogens with zero attached hydrogens (tertiary/aromatic N) is 3. The molecule has 0 aliphatic heterocycles. The van der Waals surface area contributed by atoms with Crippen LogP contribution >= 0.6 is 0 Å². The summed E-state index contributed by atoms with van der Waals surface area (Å²) >= 11 is 0. The molecular formula is C17H12FN5. The van der Waals surface area contributed by atoms with Crippen molar-refractivity contribution in [3.63, 3.8) is 0 Å². The molecule has 0 aliphatic rings. The fourth-order valence-corrected chi connectivity index (χ4v) is 2.01. The smallest absolute Gasteiger partial charge is 0.229 e. The predicted molar refractivity (Wildman–Crippen MR) is 86.2 cm³/mol. The van der Waals surface area contributed by atoms with E-state index in [0.29, 0.717) is 28.7 Å². The summed E-state index contributed by atoms with van der Waals surface area (Å²) in [5.74, 6) is 0.517. The minimum absolute atomic E-state index is 0.329. The van der Waals surface area contributed by atoms with Gasteiger partial charge in [0.05, 0.1) is 11.3 Å². The fourth-order valence-electron chi connectivity index (χ4n) is 2.01. The van der Waals surface area contributed by atoms with Gasteiger partial charge in [0.15, 0.2) is 0 Å². The van der Waals surface area contributed by atoms with Gasteiger partial charge in [-0.2, -0.15) is 10.2 Å². The van der Waals surface area contributed by atoms with Crippen molar-refractivity contribution in [1.82, 2.24) is 9.97 Å². The number of halogens is 1. The highest BCUT2D eigenvalue weighted by atomic mass is 19.1. The van der Waals surface area contributed by atoms with Gasteiger partial charge in [0.25, 0.3) is 0 Å². The highest BCUT2D eigenvalue weighted by molar-refractivity contribution is 5.65. The van der Waals surface area contributed by atoms with Crippen molar-refractivity contribution in [2.24, 2.45) is 0 Å². The standard InChI is InChI=1S/C17H12FN5/c18-13-5-3-6-14(10-13)21-17-20-9-8-16(23-17)22-15-7-2-1-4-12(15)11-19/h1-10H,(H2,20,21,22,23). The van der Waals surface area contributed by atoms with Crippen LogP contribution in [-0.4, -0.2) is 9.97 Å². The van der Waals surface area contributed by atoms with Gasteiger partial charge in [-0.05, 0) is 36.4 Å². The van der Waals surface area contributed by atoms with E-state index in [-0.39, 0.29) is 5.82 Å². The van der Waals surface area contributed by atoms with Crippen molar-refractivity contribution < 1.29 is 4.39 Å². The average Bonchev–Trinajstić information content (AvgIpc) is 2.56. The lowest BCUT2D eigenvalue weighted by molar-refractivity contribution is 0.628. The van der Waals surface area contributed by atoms with E-state index in [1.54, 1.807) is 42.6 Å². The van der Waals surface area contributed by atoms with Crippen LogP contribution in [-0.2, 0) is 0 Å². The second-order valence-electron chi connectivity index (χ2n) is 4.68. The number of aromatic nitrogens is 2. The molecule has 0 unspecified atom stereocenters. The topological polar surface area (TPSA) is 73.6 Å². The molecule has 1 heterocycles. The summed E-state index contributed by atoms with van der Waals surface area (Å²) in [6, 6.07) is 17.0. The largest absolute Gasteiger partial charge is 0.339 e. The Labute approximate surface area is 132 Å². The Hall–Kier alpha value is -3.46. The summed E-state index contributed by atoms with van der Waals surface area (Å²) < 4.78 is 13.2. The van der Waals surface area contributed by atoms with E-state index in [1.807, 2.05) is 6.07 Å². The van der Waals surface area contributed by atoms with Crippen LogP contribution in [0.2, 0.25) is 0 Å². The summed E-state index contributed by atoms with van der Waals surface area (Å²) in [5, 5.41) is 15.1. The molecule has 0 amide bonds. The van der Waals surface area contributed by atoms with Crippen molar-refractivity contribution in [2.45, 2.75) is 0 Å². The molecule has 0 atom stereocenters. The lowest BCUT2D eigenvalue weighted by Crippen LogP contribution is -2.01. The summed E-state index contributed by atoms with van der Waals surface area (Å²) in [7, 11) is 0. The van der Waals surface area contributed by atoms with E-state index < -0.39 is 0 Å². The molecule has 0 fully saturated rings. The lowest BCUT2D eigenvalue weighted by Gasteiger charge is -2.09. The van der Waals surface area contributed by atoms with Gasteiger partial charge in [-0.25, -0.2) is 9.37 Å². The fraction of sp³-hybridized carbons (Fsp3) is 0. The molecule has 2 aromatic carbocycles. The van der Waals surface area contributed by atoms with Crippen molar-refractivity contribution >= 4 is 23.1 Å². The minimum Gasteiger partial charge on any atom is -0.339 e. The third-order valence-corrected chi connectivity index (χ3v) is 3.05. The van der Waals surface area contributed by atoms with Crippen LogP contribution in [0.3, 0.4) is 0 Å². The third-order valence-electron chi connectivity index (χ3n) is 3.05. The average molecular weight is 305 g/mol. The van der Waals surface area contributed by atoms with Gasteiger partial charge in [-0.1, -0.05) is 18.2 Å². The molecule has 0 aliphatic carbocycles. The van der Waals surface area contributed by atoms with Crippen LogP contribution < -0.4 is 10.6 Å². The first-order valence-electron chi connectivity index (χ1n) is 6.86. The van der Waals surface area contributed by atoms with Gasteiger partial charge in [-0.15, -0.1) is 0 Å². The number of hydrogen-bond acceptors (Lipinski definition) is 5. The van der Waals surface area contributed by atoms with Gasteiger partial charge < -0.3 is 10.6 Å². The van der Waals surface area contributed by atoms with Gasteiger partial charge in [0.2, 0.25) is 5.95 Å². The van der Waals surface area contributed by atoms with Crippen LogP contribution in [0.5, 0.6) is 0 Å². The molecular weight excluding hydrogens is 293 g/mol. The summed E-state index contributed by atoms with van der Waals surface area (Å²) in [4.78, 5) is 8.40. The monoisotopic (exact) mass is 305 g/mol. The molecule has 2 N–H and O–H groups in total. The summed E-state index contributed by atoms with van der Waals surface area (Å²) in [5.41, 5.74) is 1.73. The molecule has 3 rings (SSSR count). The third kappa shape index (κ3) is 3.60. The molecule has 3 aromatic rings. The number of rotatable bonds is 4. The summed E-state index contributed by atoms with van der Waals surface area (Å²) in [6.45, 7) is 0.